The minimum Gasteiger partial charge on any atom is -0.357 e. The van der Waals surface area contributed by atoms with Gasteiger partial charge < -0.3 is 5.32 Å². The van der Waals surface area contributed by atoms with Gasteiger partial charge in [0, 0.05) is 13.2 Å². The summed E-state index contributed by atoms with van der Waals surface area (Å²) in [6.07, 6.45) is 1.60. The molecular weight excluding hydrogens is 397 g/mol. The van der Waals surface area contributed by atoms with Crippen LogP contribution < -0.4 is 10.2 Å². The zero-order valence-electron chi connectivity index (χ0n) is 16.2. The lowest BCUT2D eigenvalue weighted by atomic mass is 10.1. The average molecular weight is 416 g/mol. The monoisotopic (exact) mass is 416 g/mol. The normalized spacial score (nSPS) is 17.2. The molecule has 0 spiro atoms. The third kappa shape index (κ3) is 2.98. The molecule has 156 valence electrons. The highest BCUT2D eigenvalue weighted by Crippen LogP contribution is 2.41. The molecule has 0 unspecified atom stereocenters. The van der Waals surface area contributed by atoms with Crippen LogP contribution in [-0.2, 0) is 17.4 Å². The van der Waals surface area contributed by atoms with Crippen LogP contribution in [0.3, 0.4) is 0 Å². The maximum Gasteiger partial charge on any atom is 0.416 e. The maximum atomic E-state index is 13.1. The van der Waals surface area contributed by atoms with Gasteiger partial charge in [0.15, 0.2) is 11.5 Å². The van der Waals surface area contributed by atoms with E-state index in [4.69, 9.17) is 0 Å². The highest BCUT2D eigenvalue weighted by Gasteiger charge is 2.36. The van der Waals surface area contributed by atoms with E-state index in [-0.39, 0.29) is 18.4 Å². The van der Waals surface area contributed by atoms with E-state index in [2.05, 4.69) is 20.4 Å². The molecule has 3 heterocycles. The molecule has 30 heavy (non-hydrogen) atoms. The molecule has 2 aromatic heterocycles. The molecule has 1 aromatic carbocycles. The number of carbonyl (C=O) groups is 1. The van der Waals surface area contributed by atoms with Crippen molar-refractivity contribution in [3.63, 3.8) is 0 Å². The molecule has 1 amide bonds. The molecule has 1 aliphatic carbocycles. The number of benzene rings is 1. The van der Waals surface area contributed by atoms with Crippen molar-refractivity contribution in [1.29, 1.82) is 0 Å². The zero-order valence-corrected chi connectivity index (χ0v) is 16.2. The summed E-state index contributed by atoms with van der Waals surface area (Å²) in [5.74, 6) is 0.291. The quantitative estimate of drug-likeness (QED) is 0.692. The number of carbonyl (C=O) groups excluding carboxylic acids is 1. The van der Waals surface area contributed by atoms with E-state index >= 15 is 0 Å². The van der Waals surface area contributed by atoms with Crippen LogP contribution in [0.25, 0.3) is 11.0 Å². The summed E-state index contributed by atoms with van der Waals surface area (Å²) >= 11 is 0. The lowest BCUT2D eigenvalue weighted by Crippen LogP contribution is -2.22. The van der Waals surface area contributed by atoms with Crippen LogP contribution in [0.2, 0.25) is 0 Å². The number of anilines is 3. The van der Waals surface area contributed by atoms with Crippen LogP contribution in [0.4, 0.5) is 30.6 Å². The highest BCUT2D eigenvalue weighted by atomic mass is 19.4. The molecule has 0 radical (unpaired) electrons. The van der Waals surface area contributed by atoms with Crippen molar-refractivity contribution < 1.29 is 18.0 Å². The molecule has 10 heteroatoms. The van der Waals surface area contributed by atoms with Gasteiger partial charge in [0.05, 0.1) is 29.1 Å². The number of hydrogen-bond donors (Lipinski definition) is 1. The standard InChI is InChI=1S/C20H19F3N6O/c1-24-19-25-17-14(10-28(27-17)13-4-2-3-5-13)18(26-19)29-15-7-6-12(20(21,22)23)8-11(15)9-16(29)30/h6-8,10,13H,2-5,9H2,1H3,(H,24,25,27). The fourth-order valence-corrected chi connectivity index (χ4v) is 4.28. The summed E-state index contributed by atoms with van der Waals surface area (Å²) in [6.45, 7) is 0. The summed E-state index contributed by atoms with van der Waals surface area (Å²) in [7, 11) is 1.66. The third-order valence-corrected chi connectivity index (χ3v) is 5.75. The van der Waals surface area contributed by atoms with Crippen molar-refractivity contribution >= 4 is 34.4 Å². The Bertz CT molecular complexity index is 1150. The maximum absolute atomic E-state index is 13.1. The molecule has 5 rings (SSSR count). The predicted octanol–water partition coefficient (Wildman–Crippen LogP) is 4.22. The summed E-state index contributed by atoms with van der Waals surface area (Å²) in [4.78, 5) is 23.1. The molecule has 7 nitrogen and oxygen atoms in total. The Kier molecular flexibility index (Phi) is 4.19. The minimum atomic E-state index is -4.46. The second-order valence-corrected chi connectivity index (χ2v) is 7.65. The number of aromatic nitrogens is 4. The molecule has 0 bridgehead atoms. The number of alkyl halides is 3. The van der Waals surface area contributed by atoms with Gasteiger partial charge in [-0.25, -0.2) is 0 Å². The number of nitrogens with one attached hydrogen (secondary N) is 1. The molecule has 1 fully saturated rings. The van der Waals surface area contributed by atoms with E-state index in [1.807, 2.05) is 10.9 Å². The van der Waals surface area contributed by atoms with E-state index in [1.165, 1.54) is 11.0 Å². The van der Waals surface area contributed by atoms with Gasteiger partial charge in [0.25, 0.3) is 0 Å². The Morgan fingerprint density at radius 1 is 1.17 bits per heavy atom. The first-order chi connectivity index (χ1) is 14.3. The van der Waals surface area contributed by atoms with Crippen molar-refractivity contribution in [2.45, 2.75) is 44.3 Å². The highest BCUT2D eigenvalue weighted by molar-refractivity contribution is 6.11. The number of hydrogen-bond acceptors (Lipinski definition) is 5. The van der Waals surface area contributed by atoms with Gasteiger partial charge in [-0.3, -0.25) is 14.4 Å². The number of nitrogens with zero attached hydrogens (tertiary/aromatic N) is 5. The Morgan fingerprint density at radius 3 is 2.63 bits per heavy atom. The Morgan fingerprint density at radius 2 is 1.93 bits per heavy atom. The van der Waals surface area contributed by atoms with E-state index in [0.717, 1.165) is 37.8 Å². The number of amides is 1. The van der Waals surface area contributed by atoms with Gasteiger partial charge in [-0.15, -0.1) is 0 Å². The summed E-state index contributed by atoms with van der Waals surface area (Å²) in [5, 5.41) is 8.07. The third-order valence-electron chi connectivity index (χ3n) is 5.75. The smallest absolute Gasteiger partial charge is 0.357 e. The number of fused-ring (bicyclic) bond motifs is 2. The molecule has 1 saturated carbocycles. The van der Waals surface area contributed by atoms with Crippen LogP contribution in [0, 0.1) is 0 Å². The topological polar surface area (TPSA) is 75.9 Å². The summed E-state index contributed by atoms with van der Waals surface area (Å²) < 4.78 is 41.2. The lowest BCUT2D eigenvalue weighted by molar-refractivity contribution is -0.137. The summed E-state index contributed by atoms with van der Waals surface area (Å²) in [5.41, 5.74) is 0.414. The van der Waals surface area contributed by atoms with Crippen molar-refractivity contribution in [3.8, 4) is 0 Å². The number of rotatable bonds is 3. The summed E-state index contributed by atoms with van der Waals surface area (Å²) in [6, 6.07) is 3.63. The van der Waals surface area contributed by atoms with Gasteiger partial charge >= 0.3 is 6.18 Å². The van der Waals surface area contributed by atoms with Crippen molar-refractivity contribution in [2.24, 2.45) is 0 Å². The second kappa shape index (κ2) is 6.68. The fraction of sp³-hybridized carbons (Fsp3) is 0.400. The predicted molar refractivity (Wildman–Crippen MR) is 105 cm³/mol. The van der Waals surface area contributed by atoms with E-state index in [0.29, 0.717) is 34.1 Å². The van der Waals surface area contributed by atoms with Crippen LogP contribution in [0.15, 0.2) is 24.4 Å². The van der Waals surface area contributed by atoms with Gasteiger partial charge in [-0.05, 0) is 36.6 Å². The first-order valence-electron chi connectivity index (χ1n) is 9.83. The average Bonchev–Trinajstić information content (AvgIpc) is 3.43. The van der Waals surface area contributed by atoms with Crippen LogP contribution in [0.5, 0.6) is 0 Å². The molecule has 0 saturated heterocycles. The van der Waals surface area contributed by atoms with Crippen LogP contribution >= 0.6 is 0 Å². The van der Waals surface area contributed by atoms with Gasteiger partial charge in [-0.2, -0.15) is 28.2 Å². The number of halogens is 3. The fourth-order valence-electron chi connectivity index (χ4n) is 4.28. The molecule has 2 aliphatic rings. The van der Waals surface area contributed by atoms with E-state index in [9.17, 15) is 18.0 Å². The van der Waals surface area contributed by atoms with Crippen LogP contribution in [-0.4, -0.2) is 32.7 Å². The Labute approximate surface area is 169 Å². The van der Waals surface area contributed by atoms with Crippen molar-refractivity contribution in [3.05, 3.63) is 35.5 Å². The first kappa shape index (κ1) is 18.8. The van der Waals surface area contributed by atoms with Gasteiger partial charge in [-0.1, -0.05) is 12.8 Å². The second-order valence-electron chi connectivity index (χ2n) is 7.65. The SMILES string of the molecule is CNc1nc(N2C(=O)Cc3cc(C(F)(F)F)ccc32)c2cn(C3CCCC3)nc2n1. The molecular formula is C20H19F3N6O. The molecule has 1 aliphatic heterocycles. The minimum absolute atomic E-state index is 0.115. The molecule has 3 aromatic rings. The zero-order chi connectivity index (χ0) is 21.0. The van der Waals surface area contributed by atoms with Crippen molar-refractivity contribution in [1.82, 2.24) is 19.7 Å². The Hall–Kier alpha value is -3.17. The van der Waals surface area contributed by atoms with Gasteiger partial charge in [0.2, 0.25) is 11.9 Å². The first-order valence-corrected chi connectivity index (χ1v) is 9.83. The van der Waals surface area contributed by atoms with E-state index < -0.39 is 11.7 Å². The van der Waals surface area contributed by atoms with E-state index in [1.54, 1.807) is 7.05 Å². The van der Waals surface area contributed by atoms with Crippen molar-refractivity contribution in [2.75, 3.05) is 17.3 Å². The largest absolute Gasteiger partial charge is 0.416 e. The Balaban J connectivity index is 1.65. The lowest BCUT2D eigenvalue weighted by Gasteiger charge is -2.18. The van der Waals surface area contributed by atoms with Gasteiger partial charge in [0.1, 0.15) is 0 Å². The molecule has 0 atom stereocenters. The molecule has 1 N–H and O–H groups in total. The van der Waals surface area contributed by atoms with Crippen LogP contribution in [0.1, 0.15) is 42.9 Å².